The molecule has 25 heavy (non-hydrogen) atoms. The number of aromatic nitrogens is 1. The summed E-state index contributed by atoms with van der Waals surface area (Å²) in [5.41, 5.74) is 0.746. The van der Waals surface area contributed by atoms with E-state index in [0.29, 0.717) is 6.54 Å². The number of carbonyl (C=O) groups is 1. The quantitative estimate of drug-likeness (QED) is 0.817. The van der Waals surface area contributed by atoms with Crippen LogP contribution in [-0.2, 0) is 4.79 Å². The lowest BCUT2D eigenvalue weighted by Crippen LogP contribution is -2.49. The predicted molar refractivity (Wildman–Crippen MR) is 108 cm³/mol. The maximum absolute atomic E-state index is 11.9. The summed E-state index contributed by atoms with van der Waals surface area (Å²) in [6, 6.07) is 6.23. The molecule has 0 saturated carbocycles. The minimum atomic E-state index is -0.319. The molecule has 3 rings (SSSR count). The van der Waals surface area contributed by atoms with E-state index in [4.69, 9.17) is 4.98 Å². The fourth-order valence-corrected chi connectivity index (χ4v) is 4.35. The van der Waals surface area contributed by atoms with Crippen molar-refractivity contribution in [2.45, 2.75) is 20.8 Å². The molecule has 0 unspecified atom stereocenters. The monoisotopic (exact) mass is 424 g/mol. The fourth-order valence-electron chi connectivity index (χ4n) is 2.78. The van der Waals surface area contributed by atoms with Crippen molar-refractivity contribution < 1.29 is 4.79 Å². The largest absolute Gasteiger partial charge is 0.354 e. The highest BCUT2D eigenvalue weighted by Gasteiger charge is 2.22. The number of amides is 1. The molecule has 0 aliphatic carbocycles. The Morgan fingerprint density at radius 3 is 2.68 bits per heavy atom. The Morgan fingerprint density at radius 1 is 1.28 bits per heavy atom. The summed E-state index contributed by atoms with van der Waals surface area (Å²) in [6.07, 6.45) is 0. The lowest BCUT2D eigenvalue weighted by atomic mass is 9.96. The molecule has 0 spiro atoms. The lowest BCUT2D eigenvalue weighted by Gasteiger charge is -2.34. The standard InChI is InChI=1S/C18H25BrN4OS/c1-18(2,3)16(24)20-6-7-22-8-10-23(11-9-22)17-21-14-5-4-13(19)12-15(14)25-17/h4-5,12H,6-11H2,1-3H3,(H,20,24). The number of hydrogen-bond acceptors (Lipinski definition) is 5. The molecular formula is C18H25BrN4OS. The van der Waals surface area contributed by atoms with Crippen molar-refractivity contribution >= 4 is 48.5 Å². The topological polar surface area (TPSA) is 48.5 Å². The zero-order chi connectivity index (χ0) is 18.0. The first-order valence-electron chi connectivity index (χ1n) is 8.64. The van der Waals surface area contributed by atoms with Crippen molar-refractivity contribution in [1.29, 1.82) is 0 Å². The fraction of sp³-hybridized carbons (Fsp3) is 0.556. The average Bonchev–Trinajstić information content (AvgIpc) is 2.97. The molecule has 1 amide bonds. The number of thiazole rings is 1. The number of benzene rings is 1. The van der Waals surface area contributed by atoms with Gasteiger partial charge in [-0.1, -0.05) is 48.0 Å². The van der Waals surface area contributed by atoms with Crippen molar-refractivity contribution in [3.63, 3.8) is 0 Å². The third-order valence-electron chi connectivity index (χ3n) is 4.38. The van der Waals surface area contributed by atoms with Gasteiger partial charge in [-0.2, -0.15) is 0 Å². The molecule has 136 valence electrons. The maximum Gasteiger partial charge on any atom is 0.225 e. The lowest BCUT2D eigenvalue weighted by molar-refractivity contribution is -0.128. The van der Waals surface area contributed by atoms with Gasteiger partial charge in [-0.3, -0.25) is 9.69 Å². The van der Waals surface area contributed by atoms with Crippen LogP contribution in [0.5, 0.6) is 0 Å². The summed E-state index contributed by atoms with van der Waals surface area (Å²) < 4.78 is 2.31. The normalized spacial score (nSPS) is 16.4. The van der Waals surface area contributed by atoms with Gasteiger partial charge in [-0.05, 0) is 18.2 Å². The van der Waals surface area contributed by atoms with Crippen molar-refractivity contribution in [3.05, 3.63) is 22.7 Å². The Hall–Kier alpha value is -1.18. The highest BCUT2D eigenvalue weighted by Crippen LogP contribution is 2.31. The van der Waals surface area contributed by atoms with E-state index >= 15 is 0 Å². The first-order valence-corrected chi connectivity index (χ1v) is 10.3. The number of hydrogen-bond donors (Lipinski definition) is 1. The van der Waals surface area contributed by atoms with Crippen LogP contribution in [0.1, 0.15) is 20.8 Å². The summed E-state index contributed by atoms with van der Waals surface area (Å²) in [4.78, 5) is 21.4. The summed E-state index contributed by atoms with van der Waals surface area (Å²) in [7, 11) is 0. The summed E-state index contributed by atoms with van der Waals surface area (Å²) >= 11 is 5.27. The number of nitrogens with one attached hydrogen (secondary N) is 1. The number of fused-ring (bicyclic) bond motifs is 1. The third kappa shape index (κ3) is 4.71. The molecule has 2 heterocycles. The Bertz CT molecular complexity index is 747. The summed E-state index contributed by atoms with van der Waals surface area (Å²) in [6.45, 7) is 11.4. The van der Waals surface area contributed by atoms with Gasteiger partial charge in [0.2, 0.25) is 5.91 Å². The van der Waals surface area contributed by atoms with Gasteiger partial charge in [0.05, 0.1) is 10.2 Å². The van der Waals surface area contributed by atoms with Gasteiger partial charge in [-0.25, -0.2) is 4.98 Å². The summed E-state index contributed by atoms with van der Waals surface area (Å²) in [5, 5.41) is 4.13. The van der Waals surface area contributed by atoms with Crippen LogP contribution in [0.4, 0.5) is 5.13 Å². The number of anilines is 1. The molecule has 0 atom stereocenters. The van der Waals surface area contributed by atoms with Crippen LogP contribution in [0, 0.1) is 5.41 Å². The van der Waals surface area contributed by atoms with E-state index in [-0.39, 0.29) is 11.3 Å². The van der Waals surface area contributed by atoms with Gasteiger partial charge >= 0.3 is 0 Å². The van der Waals surface area contributed by atoms with Gasteiger partial charge in [0, 0.05) is 49.2 Å². The number of halogens is 1. The molecule has 1 aromatic carbocycles. The van der Waals surface area contributed by atoms with Crippen LogP contribution in [0.25, 0.3) is 10.2 Å². The number of piperazine rings is 1. The Balaban J connectivity index is 1.49. The van der Waals surface area contributed by atoms with Crippen molar-refractivity contribution in [3.8, 4) is 0 Å². The Kier molecular flexibility index (Phi) is 5.65. The molecule has 7 heteroatoms. The van der Waals surface area contributed by atoms with Crippen LogP contribution < -0.4 is 10.2 Å². The first-order chi connectivity index (χ1) is 11.8. The molecule has 1 N–H and O–H groups in total. The van der Waals surface area contributed by atoms with E-state index in [2.05, 4.69) is 43.2 Å². The Morgan fingerprint density at radius 2 is 2.00 bits per heavy atom. The molecule has 2 aromatic rings. The second kappa shape index (κ2) is 7.60. The molecule has 1 aliphatic heterocycles. The van der Waals surface area contributed by atoms with Crippen LogP contribution >= 0.6 is 27.3 Å². The second-order valence-electron chi connectivity index (χ2n) is 7.44. The predicted octanol–water partition coefficient (Wildman–Crippen LogP) is 3.34. The zero-order valence-corrected chi connectivity index (χ0v) is 17.4. The van der Waals surface area contributed by atoms with Crippen molar-refractivity contribution in [2.75, 3.05) is 44.2 Å². The van der Waals surface area contributed by atoms with Crippen LogP contribution in [-0.4, -0.2) is 55.1 Å². The second-order valence-corrected chi connectivity index (χ2v) is 9.37. The number of rotatable bonds is 4. The van der Waals surface area contributed by atoms with Gasteiger partial charge in [-0.15, -0.1) is 0 Å². The molecule has 0 bridgehead atoms. The number of nitrogens with zero attached hydrogens (tertiary/aromatic N) is 3. The van der Waals surface area contributed by atoms with E-state index < -0.39 is 0 Å². The van der Waals surface area contributed by atoms with Crippen LogP contribution in [0.15, 0.2) is 22.7 Å². The van der Waals surface area contributed by atoms with Crippen LogP contribution in [0.2, 0.25) is 0 Å². The highest BCUT2D eigenvalue weighted by atomic mass is 79.9. The molecule has 1 fully saturated rings. The van der Waals surface area contributed by atoms with Crippen molar-refractivity contribution in [2.24, 2.45) is 5.41 Å². The van der Waals surface area contributed by atoms with E-state index in [0.717, 1.165) is 47.8 Å². The number of carbonyl (C=O) groups excluding carboxylic acids is 1. The smallest absolute Gasteiger partial charge is 0.225 e. The van der Waals surface area contributed by atoms with Gasteiger partial charge in [0.25, 0.3) is 0 Å². The molecule has 0 radical (unpaired) electrons. The molecule has 1 saturated heterocycles. The van der Waals surface area contributed by atoms with Gasteiger partial charge in [0.15, 0.2) is 5.13 Å². The van der Waals surface area contributed by atoms with E-state index in [1.54, 1.807) is 11.3 Å². The highest BCUT2D eigenvalue weighted by molar-refractivity contribution is 9.10. The van der Waals surface area contributed by atoms with Crippen molar-refractivity contribution in [1.82, 2.24) is 15.2 Å². The van der Waals surface area contributed by atoms with E-state index in [1.165, 1.54) is 4.70 Å². The van der Waals surface area contributed by atoms with Gasteiger partial charge in [0.1, 0.15) is 0 Å². The molecular weight excluding hydrogens is 400 g/mol. The summed E-state index contributed by atoms with van der Waals surface area (Å²) in [5.74, 6) is 0.117. The SMILES string of the molecule is CC(C)(C)C(=O)NCCN1CCN(c2nc3ccc(Br)cc3s2)CC1. The van der Waals surface area contributed by atoms with Gasteiger partial charge < -0.3 is 10.2 Å². The third-order valence-corrected chi connectivity index (χ3v) is 5.95. The minimum absolute atomic E-state index is 0.117. The molecule has 5 nitrogen and oxygen atoms in total. The first kappa shape index (κ1) is 18.6. The van der Waals surface area contributed by atoms with E-state index in [1.807, 2.05) is 26.8 Å². The maximum atomic E-state index is 11.9. The van der Waals surface area contributed by atoms with E-state index in [9.17, 15) is 4.79 Å². The van der Waals surface area contributed by atoms with Crippen LogP contribution in [0.3, 0.4) is 0 Å². The minimum Gasteiger partial charge on any atom is -0.354 e. The zero-order valence-electron chi connectivity index (χ0n) is 15.0. The average molecular weight is 425 g/mol. The molecule has 1 aliphatic rings. The molecule has 1 aromatic heterocycles. The Labute approximate surface area is 161 Å².